The summed E-state index contributed by atoms with van der Waals surface area (Å²) in [5.74, 6) is 0.680. The number of ether oxygens (including phenoxy) is 1. The van der Waals surface area contributed by atoms with Crippen molar-refractivity contribution in [1.82, 2.24) is 14.8 Å². The summed E-state index contributed by atoms with van der Waals surface area (Å²) in [6.07, 6.45) is 0. The molecule has 0 aliphatic rings. The van der Waals surface area contributed by atoms with Crippen molar-refractivity contribution in [2.45, 2.75) is 51.9 Å². The van der Waals surface area contributed by atoms with Crippen molar-refractivity contribution >= 4 is 29.3 Å². The molecule has 0 saturated heterocycles. The van der Waals surface area contributed by atoms with E-state index in [1.165, 1.54) is 23.9 Å². The first-order chi connectivity index (χ1) is 15.8. The van der Waals surface area contributed by atoms with Gasteiger partial charge in [0.05, 0.1) is 11.3 Å². The van der Waals surface area contributed by atoms with Gasteiger partial charge in [0.25, 0.3) is 0 Å². The van der Waals surface area contributed by atoms with Gasteiger partial charge in [0, 0.05) is 12.2 Å². The summed E-state index contributed by atoms with van der Waals surface area (Å²) in [5.41, 5.74) is 2.82. The number of anilines is 1. The number of nitrogens with zero attached hydrogens (tertiary/aromatic N) is 3. The fourth-order valence-corrected chi connectivity index (χ4v) is 4.11. The normalized spacial score (nSPS) is 10.9. The molecule has 33 heavy (non-hydrogen) atoms. The van der Waals surface area contributed by atoms with Crippen molar-refractivity contribution in [3.8, 4) is 5.75 Å². The molecular formula is C24H28N4O4S. The van der Waals surface area contributed by atoms with Crippen LogP contribution in [0, 0.1) is 6.92 Å². The van der Waals surface area contributed by atoms with Crippen molar-refractivity contribution in [2.24, 2.45) is 0 Å². The standard InChI is InChI=1S/C24H28N4O4S/c1-5-28-21(13-32-20-11-16(4)9-10-19(20)15(2)3)26-27-24(28)33-14-22(29)25-18-8-6-7-17(12-18)23(30)31/h6-12,15H,5,13-14H2,1-4H3,(H,25,29)(H,30,31). The SMILES string of the molecule is CCn1c(COc2cc(C)ccc2C(C)C)nnc1SCC(=O)Nc1cccc(C(=O)O)c1. The molecule has 3 aromatic rings. The minimum absolute atomic E-state index is 0.116. The van der Waals surface area contributed by atoms with Crippen molar-refractivity contribution in [1.29, 1.82) is 0 Å². The third kappa shape index (κ3) is 6.35. The van der Waals surface area contributed by atoms with E-state index in [1.54, 1.807) is 12.1 Å². The Morgan fingerprint density at radius 2 is 1.97 bits per heavy atom. The molecule has 1 aromatic heterocycles. The van der Waals surface area contributed by atoms with Crippen LogP contribution in [0.5, 0.6) is 5.75 Å². The number of hydrogen-bond acceptors (Lipinski definition) is 6. The lowest BCUT2D eigenvalue weighted by Gasteiger charge is -2.15. The number of amides is 1. The maximum Gasteiger partial charge on any atom is 0.335 e. The second-order valence-corrected chi connectivity index (χ2v) is 8.79. The van der Waals surface area contributed by atoms with Gasteiger partial charge in [-0.25, -0.2) is 4.79 Å². The number of carbonyl (C=O) groups excluding carboxylic acids is 1. The number of carboxylic acid groups (broad SMARTS) is 1. The Morgan fingerprint density at radius 3 is 2.67 bits per heavy atom. The van der Waals surface area contributed by atoms with E-state index in [4.69, 9.17) is 9.84 Å². The fourth-order valence-electron chi connectivity index (χ4n) is 3.29. The number of carboxylic acids is 1. The zero-order chi connectivity index (χ0) is 24.0. The van der Waals surface area contributed by atoms with Crippen molar-refractivity contribution in [3.05, 3.63) is 65.0 Å². The van der Waals surface area contributed by atoms with Crippen LogP contribution in [0.3, 0.4) is 0 Å². The Labute approximate surface area is 197 Å². The highest BCUT2D eigenvalue weighted by Gasteiger charge is 2.16. The minimum Gasteiger partial charge on any atom is -0.485 e. The number of aromatic carboxylic acids is 1. The maximum absolute atomic E-state index is 12.4. The average molecular weight is 469 g/mol. The highest BCUT2D eigenvalue weighted by molar-refractivity contribution is 7.99. The van der Waals surface area contributed by atoms with E-state index >= 15 is 0 Å². The molecule has 3 rings (SSSR count). The van der Waals surface area contributed by atoms with Gasteiger partial charge in [-0.1, -0.05) is 43.8 Å². The van der Waals surface area contributed by atoms with Crippen molar-refractivity contribution < 1.29 is 19.4 Å². The van der Waals surface area contributed by atoms with E-state index in [0.29, 0.717) is 29.1 Å². The Hall–Kier alpha value is -3.33. The van der Waals surface area contributed by atoms with Gasteiger partial charge in [-0.15, -0.1) is 10.2 Å². The molecule has 9 heteroatoms. The molecule has 2 aromatic carbocycles. The summed E-state index contributed by atoms with van der Waals surface area (Å²) >= 11 is 1.27. The Bertz CT molecular complexity index is 1140. The topological polar surface area (TPSA) is 106 Å². The van der Waals surface area contributed by atoms with E-state index in [-0.39, 0.29) is 23.8 Å². The molecule has 1 heterocycles. The lowest BCUT2D eigenvalue weighted by Crippen LogP contribution is -2.15. The van der Waals surface area contributed by atoms with Crippen LogP contribution >= 0.6 is 11.8 Å². The van der Waals surface area contributed by atoms with Gasteiger partial charge < -0.3 is 19.7 Å². The predicted molar refractivity (Wildman–Crippen MR) is 128 cm³/mol. The van der Waals surface area contributed by atoms with Crippen LogP contribution in [0.4, 0.5) is 5.69 Å². The highest BCUT2D eigenvalue weighted by atomic mass is 32.2. The Morgan fingerprint density at radius 1 is 1.18 bits per heavy atom. The largest absolute Gasteiger partial charge is 0.485 e. The number of benzene rings is 2. The van der Waals surface area contributed by atoms with Crippen LogP contribution in [0.25, 0.3) is 0 Å². The molecule has 0 atom stereocenters. The molecule has 8 nitrogen and oxygen atoms in total. The van der Waals surface area contributed by atoms with Crippen LogP contribution in [0.15, 0.2) is 47.6 Å². The monoisotopic (exact) mass is 468 g/mol. The van der Waals surface area contributed by atoms with Crippen LogP contribution in [0.2, 0.25) is 0 Å². The zero-order valence-electron chi connectivity index (χ0n) is 19.2. The molecular weight excluding hydrogens is 440 g/mol. The van der Waals surface area contributed by atoms with Gasteiger partial charge in [-0.3, -0.25) is 4.79 Å². The van der Waals surface area contributed by atoms with Gasteiger partial charge in [0.2, 0.25) is 5.91 Å². The number of hydrogen-bond donors (Lipinski definition) is 2. The second kappa shape index (κ2) is 11.0. The first kappa shape index (κ1) is 24.3. The van der Waals surface area contributed by atoms with Crippen LogP contribution in [0.1, 0.15) is 54.0 Å². The lowest BCUT2D eigenvalue weighted by atomic mass is 10.0. The molecule has 0 bridgehead atoms. The summed E-state index contributed by atoms with van der Waals surface area (Å²) in [4.78, 5) is 23.4. The lowest BCUT2D eigenvalue weighted by molar-refractivity contribution is -0.113. The maximum atomic E-state index is 12.4. The molecule has 2 N–H and O–H groups in total. The van der Waals surface area contributed by atoms with Crippen LogP contribution in [-0.2, 0) is 17.9 Å². The summed E-state index contributed by atoms with van der Waals surface area (Å²) < 4.78 is 8.02. The van der Waals surface area contributed by atoms with Gasteiger partial charge in [-0.05, 0) is 55.2 Å². The van der Waals surface area contributed by atoms with Crippen LogP contribution in [-0.4, -0.2) is 37.5 Å². The van der Waals surface area contributed by atoms with E-state index in [9.17, 15) is 9.59 Å². The van der Waals surface area contributed by atoms with E-state index in [0.717, 1.165) is 16.9 Å². The molecule has 1 amide bonds. The van der Waals surface area contributed by atoms with Gasteiger partial charge in [-0.2, -0.15) is 0 Å². The van der Waals surface area contributed by atoms with E-state index in [2.05, 4.69) is 41.5 Å². The number of carbonyl (C=O) groups is 2. The van der Waals surface area contributed by atoms with E-state index < -0.39 is 5.97 Å². The Balaban J connectivity index is 1.63. The van der Waals surface area contributed by atoms with Gasteiger partial charge in [0.1, 0.15) is 12.4 Å². The number of aryl methyl sites for hydroxylation is 1. The third-order valence-electron chi connectivity index (χ3n) is 4.98. The second-order valence-electron chi connectivity index (χ2n) is 7.85. The number of nitrogens with one attached hydrogen (secondary N) is 1. The first-order valence-electron chi connectivity index (χ1n) is 10.7. The average Bonchev–Trinajstić information content (AvgIpc) is 3.18. The minimum atomic E-state index is -1.04. The highest BCUT2D eigenvalue weighted by Crippen LogP contribution is 2.28. The molecule has 0 saturated carbocycles. The summed E-state index contributed by atoms with van der Waals surface area (Å²) in [5, 5.41) is 20.9. The Kier molecular flexibility index (Phi) is 8.11. The smallest absolute Gasteiger partial charge is 0.335 e. The molecule has 0 fully saturated rings. The fraction of sp³-hybridized carbons (Fsp3) is 0.333. The molecule has 174 valence electrons. The molecule has 0 radical (unpaired) electrons. The van der Waals surface area contributed by atoms with E-state index in [1.807, 2.05) is 24.5 Å². The number of aromatic nitrogens is 3. The summed E-state index contributed by atoms with van der Waals surface area (Å²) in [7, 11) is 0. The van der Waals surface area contributed by atoms with Gasteiger partial charge in [0.15, 0.2) is 11.0 Å². The molecule has 0 aliphatic heterocycles. The number of thioether (sulfide) groups is 1. The quantitative estimate of drug-likeness (QED) is 0.414. The third-order valence-corrected chi connectivity index (χ3v) is 5.95. The zero-order valence-corrected chi connectivity index (χ0v) is 20.0. The first-order valence-corrected chi connectivity index (χ1v) is 11.7. The summed E-state index contributed by atoms with van der Waals surface area (Å²) in [6.45, 7) is 9.19. The summed E-state index contributed by atoms with van der Waals surface area (Å²) in [6, 6.07) is 12.3. The van der Waals surface area contributed by atoms with Crippen LogP contribution < -0.4 is 10.1 Å². The molecule has 0 aliphatic carbocycles. The van der Waals surface area contributed by atoms with Crippen molar-refractivity contribution in [2.75, 3.05) is 11.1 Å². The van der Waals surface area contributed by atoms with Crippen molar-refractivity contribution in [3.63, 3.8) is 0 Å². The predicted octanol–water partition coefficient (Wildman–Crippen LogP) is 4.74. The number of rotatable bonds is 10. The van der Waals surface area contributed by atoms with Gasteiger partial charge >= 0.3 is 5.97 Å². The molecule has 0 unspecified atom stereocenters. The molecule has 0 spiro atoms.